The number of hydrogen-bond acceptors (Lipinski definition) is 3. The lowest BCUT2D eigenvalue weighted by Gasteiger charge is -2.06. The first-order chi connectivity index (χ1) is 8.72. The number of aliphatic hydroxyl groups is 1. The van der Waals surface area contributed by atoms with Crippen LogP contribution >= 0.6 is 0 Å². The molecule has 0 heterocycles. The van der Waals surface area contributed by atoms with Crippen molar-refractivity contribution >= 4 is 12.0 Å². The number of hydrogen-bond donors (Lipinski definition) is 3. The van der Waals surface area contributed by atoms with Gasteiger partial charge in [0.1, 0.15) is 0 Å². The number of rotatable bonds is 7. The van der Waals surface area contributed by atoms with Crippen molar-refractivity contribution in [2.24, 2.45) is 0 Å². The summed E-state index contributed by atoms with van der Waals surface area (Å²) in [6.07, 6.45) is 2.08. The fourth-order valence-corrected chi connectivity index (χ4v) is 1.52. The molecule has 98 valence electrons. The van der Waals surface area contributed by atoms with Gasteiger partial charge >= 0.3 is 0 Å². The van der Waals surface area contributed by atoms with Crippen LogP contribution in [0.5, 0.6) is 0 Å². The Kier molecular flexibility index (Phi) is 6.76. The van der Waals surface area contributed by atoms with Gasteiger partial charge in [0.05, 0.1) is 13.2 Å². The van der Waals surface area contributed by atoms with E-state index in [1.807, 2.05) is 37.3 Å². The van der Waals surface area contributed by atoms with Crippen molar-refractivity contribution in [1.29, 1.82) is 0 Å². The summed E-state index contributed by atoms with van der Waals surface area (Å²) in [5, 5.41) is 14.2. The SMILES string of the molecule is CC(=Cc1ccccc1)CNCC(=O)NCCO. The summed E-state index contributed by atoms with van der Waals surface area (Å²) in [7, 11) is 0. The third kappa shape index (κ3) is 6.18. The molecule has 1 aromatic carbocycles. The van der Waals surface area contributed by atoms with Crippen molar-refractivity contribution in [3.63, 3.8) is 0 Å². The third-order valence-corrected chi connectivity index (χ3v) is 2.34. The lowest BCUT2D eigenvalue weighted by Crippen LogP contribution is -2.35. The molecule has 0 aliphatic carbocycles. The number of carbonyl (C=O) groups excluding carboxylic acids is 1. The quantitative estimate of drug-likeness (QED) is 0.668. The van der Waals surface area contributed by atoms with E-state index >= 15 is 0 Å². The van der Waals surface area contributed by atoms with Crippen LogP contribution in [-0.4, -0.2) is 37.3 Å². The van der Waals surface area contributed by atoms with Gasteiger partial charge in [-0.25, -0.2) is 0 Å². The topological polar surface area (TPSA) is 61.4 Å². The maximum Gasteiger partial charge on any atom is 0.234 e. The highest BCUT2D eigenvalue weighted by Gasteiger charge is 1.99. The van der Waals surface area contributed by atoms with Crippen LogP contribution < -0.4 is 10.6 Å². The second-order valence-electron chi connectivity index (χ2n) is 4.08. The molecular formula is C14H20N2O2. The molecule has 0 atom stereocenters. The van der Waals surface area contributed by atoms with Crippen LogP contribution in [-0.2, 0) is 4.79 Å². The summed E-state index contributed by atoms with van der Waals surface area (Å²) in [6.45, 7) is 3.23. The summed E-state index contributed by atoms with van der Waals surface area (Å²) in [5.41, 5.74) is 2.32. The molecular weight excluding hydrogens is 228 g/mol. The average molecular weight is 248 g/mol. The van der Waals surface area contributed by atoms with Crippen molar-refractivity contribution in [2.75, 3.05) is 26.2 Å². The number of nitrogens with one attached hydrogen (secondary N) is 2. The maximum atomic E-state index is 11.2. The van der Waals surface area contributed by atoms with Crippen LogP contribution in [0.1, 0.15) is 12.5 Å². The first-order valence-electron chi connectivity index (χ1n) is 6.03. The van der Waals surface area contributed by atoms with Crippen molar-refractivity contribution in [1.82, 2.24) is 10.6 Å². The van der Waals surface area contributed by atoms with Crippen LogP contribution in [0.15, 0.2) is 35.9 Å². The Morgan fingerprint density at radius 1 is 1.28 bits per heavy atom. The van der Waals surface area contributed by atoms with E-state index < -0.39 is 0 Å². The molecule has 0 fully saturated rings. The Bertz CT molecular complexity index is 388. The van der Waals surface area contributed by atoms with E-state index in [-0.39, 0.29) is 19.1 Å². The van der Waals surface area contributed by atoms with E-state index in [1.54, 1.807) is 0 Å². The highest BCUT2D eigenvalue weighted by molar-refractivity contribution is 5.78. The highest BCUT2D eigenvalue weighted by Crippen LogP contribution is 2.04. The van der Waals surface area contributed by atoms with Crippen LogP contribution in [0.4, 0.5) is 0 Å². The molecule has 0 bridgehead atoms. The Morgan fingerprint density at radius 2 is 2.00 bits per heavy atom. The molecule has 18 heavy (non-hydrogen) atoms. The first kappa shape index (κ1) is 14.4. The highest BCUT2D eigenvalue weighted by atomic mass is 16.3. The van der Waals surface area contributed by atoms with Crippen LogP contribution in [0, 0.1) is 0 Å². The minimum Gasteiger partial charge on any atom is -0.395 e. The Balaban J connectivity index is 2.27. The summed E-state index contributed by atoms with van der Waals surface area (Å²) in [5.74, 6) is -0.100. The summed E-state index contributed by atoms with van der Waals surface area (Å²) in [6, 6.07) is 10.1. The Morgan fingerprint density at radius 3 is 2.67 bits per heavy atom. The van der Waals surface area contributed by atoms with Gasteiger partial charge in [0, 0.05) is 13.1 Å². The largest absolute Gasteiger partial charge is 0.395 e. The van der Waals surface area contributed by atoms with Gasteiger partial charge in [0.15, 0.2) is 0 Å². The lowest BCUT2D eigenvalue weighted by molar-refractivity contribution is -0.120. The van der Waals surface area contributed by atoms with Gasteiger partial charge < -0.3 is 15.7 Å². The summed E-state index contributed by atoms with van der Waals surface area (Å²) < 4.78 is 0. The van der Waals surface area contributed by atoms with E-state index in [0.29, 0.717) is 13.1 Å². The Labute approximate surface area is 108 Å². The van der Waals surface area contributed by atoms with E-state index in [4.69, 9.17) is 5.11 Å². The van der Waals surface area contributed by atoms with Gasteiger partial charge in [-0.2, -0.15) is 0 Å². The maximum absolute atomic E-state index is 11.2. The van der Waals surface area contributed by atoms with E-state index in [2.05, 4.69) is 16.7 Å². The molecule has 1 rings (SSSR count). The normalized spacial score (nSPS) is 11.3. The molecule has 0 radical (unpaired) electrons. The number of aliphatic hydroxyl groups excluding tert-OH is 1. The molecule has 0 aliphatic heterocycles. The molecule has 4 nitrogen and oxygen atoms in total. The van der Waals surface area contributed by atoms with Gasteiger partial charge in [-0.3, -0.25) is 4.79 Å². The third-order valence-electron chi connectivity index (χ3n) is 2.34. The van der Waals surface area contributed by atoms with Gasteiger partial charge in [0.25, 0.3) is 0 Å². The summed E-state index contributed by atoms with van der Waals surface area (Å²) in [4.78, 5) is 11.2. The zero-order valence-corrected chi connectivity index (χ0v) is 10.6. The van der Waals surface area contributed by atoms with E-state index in [9.17, 15) is 4.79 Å². The molecule has 3 N–H and O–H groups in total. The number of benzene rings is 1. The van der Waals surface area contributed by atoms with Gasteiger partial charge in [-0.1, -0.05) is 42.0 Å². The molecule has 4 heteroatoms. The fourth-order valence-electron chi connectivity index (χ4n) is 1.52. The fraction of sp³-hybridized carbons (Fsp3) is 0.357. The lowest BCUT2D eigenvalue weighted by atomic mass is 10.1. The molecule has 1 amide bonds. The Hall–Kier alpha value is -1.65. The minimum atomic E-state index is -0.100. The molecule has 0 aliphatic rings. The molecule has 0 unspecified atom stereocenters. The molecule has 0 saturated carbocycles. The van der Waals surface area contributed by atoms with Gasteiger partial charge in [-0.15, -0.1) is 0 Å². The standard InChI is InChI=1S/C14H20N2O2/c1-12(9-13-5-3-2-4-6-13)10-15-11-14(18)16-7-8-17/h2-6,9,15,17H,7-8,10-11H2,1H3,(H,16,18). The summed E-state index contributed by atoms with van der Waals surface area (Å²) >= 11 is 0. The van der Waals surface area contributed by atoms with Gasteiger partial charge in [0.2, 0.25) is 5.91 Å². The molecule has 0 aromatic heterocycles. The second kappa shape index (κ2) is 8.44. The zero-order valence-electron chi connectivity index (χ0n) is 10.6. The van der Waals surface area contributed by atoms with Crippen LogP contribution in [0.25, 0.3) is 6.08 Å². The number of amides is 1. The van der Waals surface area contributed by atoms with Crippen molar-refractivity contribution < 1.29 is 9.90 Å². The van der Waals surface area contributed by atoms with Crippen LogP contribution in [0.2, 0.25) is 0 Å². The smallest absolute Gasteiger partial charge is 0.234 e. The van der Waals surface area contributed by atoms with Crippen molar-refractivity contribution in [2.45, 2.75) is 6.92 Å². The van der Waals surface area contributed by atoms with E-state index in [0.717, 1.165) is 11.1 Å². The molecule has 0 spiro atoms. The van der Waals surface area contributed by atoms with Crippen molar-refractivity contribution in [3.8, 4) is 0 Å². The van der Waals surface area contributed by atoms with E-state index in [1.165, 1.54) is 0 Å². The minimum absolute atomic E-state index is 0.0291. The predicted octanol–water partition coefficient (Wildman–Crippen LogP) is 0.788. The predicted molar refractivity (Wildman–Crippen MR) is 73.1 cm³/mol. The second-order valence-corrected chi connectivity index (χ2v) is 4.08. The van der Waals surface area contributed by atoms with Crippen molar-refractivity contribution in [3.05, 3.63) is 41.5 Å². The van der Waals surface area contributed by atoms with Gasteiger partial charge in [-0.05, 0) is 12.5 Å². The number of carbonyl (C=O) groups is 1. The average Bonchev–Trinajstić information content (AvgIpc) is 2.37. The zero-order chi connectivity index (χ0) is 13.2. The molecule has 1 aromatic rings. The monoisotopic (exact) mass is 248 g/mol. The van der Waals surface area contributed by atoms with Crippen LogP contribution in [0.3, 0.4) is 0 Å². The molecule has 0 saturated heterocycles. The first-order valence-corrected chi connectivity index (χ1v) is 6.03.